The number of likely N-dealkylation sites (tertiary alicyclic amines) is 1. The number of amides is 2. The molecule has 0 radical (unpaired) electrons. The van der Waals surface area contributed by atoms with Crippen LogP contribution < -0.4 is 5.32 Å². The largest absolute Gasteiger partial charge is 0.331 e. The molecular weight excluding hydrogens is 256 g/mol. The number of aryl methyl sites for hydroxylation is 1. The highest BCUT2D eigenvalue weighted by molar-refractivity contribution is 5.97. The van der Waals surface area contributed by atoms with Crippen molar-refractivity contribution in [2.24, 2.45) is 0 Å². The van der Waals surface area contributed by atoms with Crippen LogP contribution in [0.2, 0.25) is 0 Å². The molecule has 0 bridgehead atoms. The second kappa shape index (κ2) is 6.07. The van der Waals surface area contributed by atoms with E-state index in [1.807, 2.05) is 20.8 Å². The molecule has 1 fully saturated rings. The molecule has 6 nitrogen and oxygen atoms in total. The summed E-state index contributed by atoms with van der Waals surface area (Å²) in [6.07, 6.45) is 2.84. The second-order valence-electron chi connectivity index (χ2n) is 5.13. The van der Waals surface area contributed by atoms with Gasteiger partial charge >= 0.3 is 0 Å². The van der Waals surface area contributed by atoms with Crippen LogP contribution >= 0.6 is 0 Å². The summed E-state index contributed by atoms with van der Waals surface area (Å²) < 4.78 is 0. The van der Waals surface area contributed by atoms with Crippen molar-refractivity contribution in [3.05, 3.63) is 11.3 Å². The molecule has 1 aromatic heterocycles. The highest BCUT2D eigenvalue weighted by Gasteiger charge is 2.32. The highest BCUT2D eigenvalue weighted by atomic mass is 16.2. The van der Waals surface area contributed by atoms with Crippen molar-refractivity contribution in [3.63, 3.8) is 0 Å². The van der Waals surface area contributed by atoms with Gasteiger partial charge in [0.25, 0.3) is 0 Å². The summed E-state index contributed by atoms with van der Waals surface area (Å²) in [6.45, 7) is 6.55. The third-order valence-corrected chi connectivity index (χ3v) is 3.88. The molecule has 20 heavy (non-hydrogen) atoms. The highest BCUT2D eigenvalue weighted by Crippen LogP contribution is 2.19. The number of hydrogen-bond donors (Lipinski definition) is 2. The van der Waals surface area contributed by atoms with E-state index in [1.54, 1.807) is 4.90 Å². The van der Waals surface area contributed by atoms with Crippen LogP contribution in [-0.4, -0.2) is 39.5 Å². The van der Waals surface area contributed by atoms with E-state index in [0.717, 1.165) is 24.1 Å². The number of aromatic nitrogens is 2. The minimum absolute atomic E-state index is 0.0694. The number of nitrogens with zero attached hydrogens (tertiary/aromatic N) is 2. The molecule has 2 heterocycles. The Morgan fingerprint density at radius 2 is 2.25 bits per heavy atom. The van der Waals surface area contributed by atoms with Gasteiger partial charge in [0.2, 0.25) is 11.8 Å². The van der Waals surface area contributed by atoms with Crippen molar-refractivity contribution in [3.8, 4) is 0 Å². The van der Waals surface area contributed by atoms with Gasteiger partial charge in [-0.2, -0.15) is 5.10 Å². The number of hydrogen-bond acceptors (Lipinski definition) is 3. The molecule has 2 N–H and O–H groups in total. The molecular formula is C14H22N4O2. The Morgan fingerprint density at radius 1 is 1.50 bits per heavy atom. The van der Waals surface area contributed by atoms with Crippen LogP contribution in [-0.2, 0) is 16.0 Å². The SMILES string of the molecule is CCc1[nH]nc(NC(=O)[C@H](CC)N2CCCC2=O)c1C. The van der Waals surface area contributed by atoms with Crippen LogP contribution in [0.4, 0.5) is 5.82 Å². The molecule has 2 amide bonds. The van der Waals surface area contributed by atoms with Gasteiger partial charge in [-0.05, 0) is 26.2 Å². The number of carbonyl (C=O) groups excluding carboxylic acids is 2. The lowest BCUT2D eigenvalue weighted by atomic mass is 10.1. The van der Waals surface area contributed by atoms with Crippen molar-refractivity contribution in [1.82, 2.24) is 15.1 Å². The topological polar surface area (TPSA) is 78.1 Å². The number of rotatable bonds is 5. The van der Waals surface area contributed by atoms with Crippen molar-refractivity contribution < 1.29 is 9.59 Å². The first-order valence-corrected chi connectivity index (χ1v) is 7.22. The molecule has 1 aliphatic rings. The zero-order chi connectivity index (χ0) is 14.7. The number of carbonyl (C=O) groups is 2. The van der Waals surface area contributed by atoms with Crippen LogP contribution in [0.1, 0.15) is 44.4 Å². The fourth-order valence-electron chi connectivity index (χ4n) is 2.65. The molecule has 0 spiro atoms. The summed E-state index contributed by atoms with van der Waals surface area (Å²) in [5.74, 6) is 0.483. The van der Waals surface area contributed by atoms with Gasteiger partial charge in [0.1, 0.15) is 6.04 Å². The summed E-state index contributed by atoms with van der Waals surface area (Å²) >= 11 is 0. The van der Waals surface area contributed by atoms with Gasteiger partial charge in [-0.3, -0.25) is 14.7 Å². The van der Waals surface area contributed by atoms with Gasteiger partial charge in [-0.15, -0.1) is 0 Å². The fraction of sp³-hybridized carbons (Fsp3) is 0.643. The molecule has 0 unspecified atom stereocenters. The second-order valence-corrected chi connectivity index (χ2v) is 5.13. The third-order valence-electron chi connectivity index (χ3n) is 3.88. The van der Waals surface area contributed by atoms with Crippen molar-refractivity contribution >= 4 is 17.6 Å². The first-order chi connectivity index (χ1) is 9.58. The van der Waals surface area contributed by atoms with E-state index in [-0.39, 0.29) is 11.8 Å². The van der Waals surface area contributed by atoms with Gasteiger partial charge in [0.15, 0.2) is 5.82 Å². The van der Waals surface area contributed by atoms with E-state index in [0.29, 0.717) is 25.2 Å². The number of H-pyrrole nitrogens is 1. The Hall–Kier alpha value is -1.85. The number of nitrogens with one attached hydrogen (secondary N) is 2. The molecule has 2 rings (SSSR count). The van der Waals surface area contributed by atoms with Crippen LogP contribution in [0, 0.1) is 6.92 Å². The van der Waals surface area contributed by atoms with Gasteiger partial charge in [-0.25, -0.2) is 0 Å². The fourth-order valence-corrected chi connectivity index (χ4v) is 2.65. The van der Waals surface area contributed by atoms with Crippen molar-refractivity contribution in [2.45, 2.75) is 52.5 Å². The Balaban J connectivity index is 2.09. The van der Waals surface area contributed by atoms with Crippen LogP contribution in [0.25, 0.3) is 0 Å². The average Bonchev–Trinajstić information content (AvgIpc) is 2.99. The summed E-state index contributed by atoms with van der Waals surface area (Å²) in [5.41, 5.74) is 1.98. The maximum absolute atomic E-state index is 12.4. The van der Waals surface area contributed by atoms with Crippen LogP contribution in [0.15, 0.2) is 0 Å². The summed E-state index contributed by atoms with van der Waals surface area (Å²) in [5, 5.41) is 9.89. The molecule has 0 saturated carbocycles. The lowest BCUT2D eigenvalue weighted by molar-refractivity contribution is -0.135. The Kier molecular flexibility index (Phi) is 4.42. The molecule has 1 atom stereocenters. The van der Waals surface area contributed by atoms with Gasteiger partial charge in [0, 0.05) is 24.2 Å². The van der Waals surface area contributed by atoms with Gasteiger partial charge in [0.05, 0.1) is 0 Å². The minimum atomic E-state index is -0.397. The van der Waals surface area contributed by atoms with E-state index in [2.05, 4.69) is 15.5 Å². The average molecular weight is 278 g/mol. The molecule has 6 heteroatoms. The predicted octanol–water partition coefficient (Wildman–Crippen LogP) is 1.62. The van der Waals surface area contributed by atoms with Crippen molar-refractivity contribution in [1.29, 1.82) is 0 Å². The zero-order valence-corrected chi connectivity index (χ0v) is 12.3. The molecule has 1 aliphatic heterocycles. The minimum Gasteiger partial charge on any atom is -0.331 e. The summed E-state index contributed by atoms with van der Waals surface area (Å²) in [7, 11) is 0. The first kappa shape index (κ1) is 14.6. The number of anilines is 1. The lowest BCUT2D eigenvalue weighted by Crippen LogP contribution is -2.44. The van der Waals surface area contributed by atoms with E-state index in [4.69, 9.17) is 0 Å². The molecule has 0 aliphatic carbocycles. The van der Waals surface area contributed by atoms with E-state index in [1.165, 1.54) is 0 Å². The van der Waals surface area contributed by atoms with E-state index < -0.39 is 6.04 Å². The Labute approximate surface area is 118 Å². The quantitative estimate of drug-likeness (QED) is 0.859. The monoisotopic (exact) mass is 278 g/mol. The smallest absolute Gasteiger partial charge is 0.248 e. The maximum atomic E-state index is 12.4. The maximum Gasteiger partial charge on any atom is 0.248 e. The van der Waals surface area contributed by atoms with E-state index in [9.17, 15) is 9.59 Å². The Bertz CT molecular complexity index is 509. The zero-order valence-electron chi connectivity index (χ0n) is 12.3. The van der Waals surface area contributed by atoms with Gasteiger partial charge < -0.3 is 10.2 Å². The molecule has 110 valence electrons. The van der Waals surface area contributed by atoms with Crippen LogP contribution in [0.5, 0.6) is 0 Å². The molecule has 0 aromatic carbocycles. The summed E-state index contributed by atoms with van der Waals surface area (Å²) in [6, 6.07) is -0.397. The molecule has 1 aromatic rings. The predicted molar refractivity (Wildman–Crippen MR) is 76.4 cm³/mol. The standard InChI is InChI=1S/C14H22N4O2/c1-4-10-9(3)13(17-16-10)15-14(20)11(5-2)18-8-6-7-12(18)19/h11H,4-8H2,1-3H3,(H2,15,16,17,20)/t11-/m0/s1. The number of aromatic amines is 1. The Morgan fingerprint density at radius 3 is 2.75 bits per heavy atom. The van der Waals surface area contributed by atoms with Crippen LogP contribution in [0.3, 0.4) is 0 Å². The molecule has 1 saturated heterocycles. The lowest BCUT2D eigenvalue weighted by Gasteiger charge is -2.25. The first-order valence-electron chi connectivity index (χ1n) is 7.22. The summed E-state index contributed by atoms with van der Waals surface area (Å²) in [4.78, 5) is 25.8. The van der Waals surface area contributed by atoms with Gasteiger partial charge in [-0.1, -0.05) is 13.8 Å². The third kappa shape index (κ3) is 2.69. The van der Waals surface area contributed by atoms with Crippen molar-refractivity contribution in [2.75, 3.05) is 11.9 Å². The normalized spacial score (nSPS) is 16.6. The van der Waals surface area contributed by atoms with E-state index >= 15 is 0 Å².